The van der Waals surface area contributed by atoms with E-state index in [1.54, 1.807) is 25.3 Å². The molecule has 0 bridgehead atoms. The van der Waals surface area contributed by atoms with E-state index >= 15 is 0 Å². The van der Waals surface area contributed by atoms with Gasteiger partial charge in [0.05, 0.1) is 18.2 Å². The number of aliphatic hydroxyl groups is 1. The van der Waals surface area contributed by atoms with E-state index in [9.17, 15) is 14.7 Å². The van der Waals surface area contributed by atoms with Crippen LogP contribution in [0.5, 0.6) is 5.75 Å². The van der Waals surface area contributed by atoms with Gasteiger partial charge in [-0.05, 0) is 60.7 Å². The molecular formula is C26H30BrNO5. The number of halogens is 1. The molecule has 0 unspecified atom stereocenters. The maximum absolute atomic E-state index is 13.1. The molecule has 33 heavy (non-hydrogen) atoms. The fourth-order valence-corrected chi connectivity index (χ4v) is 4.12. The minimum atomic E-state index is -0.685. The number of benzene rings is 2. The first-order chi connectivity index (χ1) is 15.7. The van der Waals surface area contributed by atoms with Gasteiger partial charge in [0, 0.05) is 30.3 Å². The summed E-state index contributed by atoms with van der Waals surface area (Å²) in [6, 6.07) is 12.0. The summed E-state index contributed by atoms with van der Waals surface area (Å²) in [4.78, 5) is 27.5. The Morgan fingerprint density at radius 2 is 1.85 bits per heavy atom. The van der Waals surface area contributed by atoms with E-state index in [4.69, 9.17) is 9.47 Å². The number of rotatable bonds is 9. The van der Waals surface area contributed by atoms with Crippen LogP contribution in [0.2, 0.25) is 0 Å². The van der Waals surface area contributed by atoms with Crippen molar-refractivity contribution in [3.63, 3.8) is 0 Å². The Hall–Kier alpha value is -2.64. The van der Waals surface area contributed by atoms with Crippen LogP contribution in [-0.2, 0) is 14.3 Å². The minimum absolute atomic E-state index is 0.0926. The van der Waals surface area contributed by atoms with Gasteiger partial charge in [0.15, 0.2) is 0 Å². The van der Waals surface area contributed by atoms with E-state index in [1.807, 2.05) is 31.2 Å². The number of hydrogen-bond donors (Lipinski definition) is 1. The molecule has 1 N–H and O–H groups in total. The van der Waals surface area contributed by atoms with Crippen LogP contribution in [0.1, 0.15) is 43.0 Å². The number of ether oxygens (including phenoxy) is 2. The first-order valence-electron chi connectivity index (χ1n) is 11.0. The van der Waals surface area contributed by atoms with Crippen LogP contribution in [-0.4, -0.2) is 48.6 Å². The predicted octanol–water partition coefficient (Wildman–Crippen LogP) is 5.25. The van der Waals surface area contributed by atoms with Crippen molar-refractivity contribution in [2.75, 3.05) is 26.9 Å². The van der Waals surface area contributed by atoms with E-state index in [1.165, 1.54) is 4.90 Å². The van der Waals surface area contributed by atoms with Crippen LogP contribution >= 0.6 is 15.9 Å². The van der Waals surface area contributed by atoms with E-state index in [0.29, 0.717) is 37.7 Å². The van der Waals surface area contributed by atoms with Crippen molar-refractivity contribution in [3.05, 3.63) is 69.2 Å². The van der Waals surface area contributed by atoms with Gasteiger partial charge in [-0.1, -0.05) is 41.9 Å². The molecule has 2 aromatic rings. The number of carbonyl (C=O) groups is 2. The van der Waals surface area contributed by atoms with Crippen LogP contribution in [0, 0.1) is 12.8 Å². The number of ketones is 1. The molecule has 0 radical (unpaired) electrons. The summed E-state index contributed by atoms with van der Waals surface area (Å²) >= 11 is 3.42. The van der Waals surface area contributed by atoms with Crippen molar-refractivity contribution >= 4 is 33.4 Å². The second-order valence-corrected chi connectivity index (χ2v) is 9.49. The molecule has 0 aromatic heterocycles. The van der Waals surface area contributed by atoms with Crippen molar-refractivity contribution in [3.8, 4) is 5.75 Å². The Labute approximate surface area is 203 Å². The number of aryl methyl sites for hydroxylation is 1. The molecule has 0 aliphatic carbocycles. The van der Waals surface area contributed by atoms with Crippen molar-refractivity contribution in [2.24, 2.45) is 5.92 Å². The highest BCUT2D eigenvalue weighted by Crippen LogP contribution is 2.40. The number of aliphatic hydroxyl groups excluding tert-OH is 1. The third-order valence-electron chi connectivity index (χ3n) is 5.49. The van der Waals surface area contributed by atoms with E-state index in [0.717, 1.165) is 21.3 Å². The molecule has 7 heteroatoms. The molecule has 0 spiro atoms. The zero-order valence-corrected chi connectivity index (χ0v) is 21.0. The van der Waals surface area contributed by atoms with E-state index in [2.05, 4.69) is 29.8 Å². The van der Waals surface area contributed by atoms with Gasteiger partial charge in [-0.25, -0.2) is 0 Å². The fourth-order valence-electron chi connectivity index (χ4n) is 3.85. The lowest BCUT2D eigenvalue weighted by Gasteiger charge is -2.25. The van der Waals surface area contributed by atoms with Crippen LogP contribution in [0.3, 0.4) is 0 Å². The summed E-state index contributed by atoms with van der Waals surface area (Å²) in [5.41, 5.74) is 2.16. The molecule has 1 atom stereocenters. The number of amides is 1. The normalized spacial score (nSPS) is 17.8. The summed E-state index contributed by atoms with van der Waals surface area (Å²) in [6.07, 6.45) is 0.581. The van der Waals surface area contributed by atoms with Gasteiger partial charge in [0.2, 0.25) is 0 Å². The lowest BCUT2D eigenvalue weighted by atomic mass is 9.95. The number of nitrogens with zero attached hydrogens (tertiary/aromatic N) is 1. The number of Topliss-reactive ketones (excluding diaryl/α,β-unsaturated/α-hetero) is 1. The molecule has 1 amide bonds. The number of carbonyl (C=O) groups excluding carboxylic acids is 2. The van der Waals surface area contributed by atoms with Gasteiger partial charge in [-0.3, -0.25) is 9.59 Å². The second kappa shape index (κ2) is 11.0. The fraction of sp³-hybridized carbons (Fsp3) is 0.385. The summed E-state index contributed by atoms with van der Waals surface area (Å²) in [5.74, 6) is -0.374. The van der Waals surface area contributed by atoms with Gasteiger partial charge in [0.25, 0.3) is 11.7 Å². The lowest BCUT2D eigenvalue weighted by molar-refractivity contribution is -0.140. The molecular weight excluding hydrogens is 486 g/mol. The van der Waals surface area contributed by atoms with Gasteiger partial charge in [-0.15, -0.1) is 0 Å². The quantitative estimate of drug-likeness (QED) is 0.213. The zero-order chi connectivity index (χ0) is 24.1. The average Bonchev–Trinajstić information content (AvgIpc) is 3.03. The summed E-state index contributed by atoms with van der Waals surface area (Å²) in [7, 11) is 1.59. The number of methoxy groups -OCH3 is 1. The molecule has 1 heterocycles. The van der Waals surface area contributed by atoms with Gasteiger partial charge < -0.3 is 19.5 Å². The summed E-state index contributed by atoms with van der Waals surface area (Å²) < 4.78 is 11.8. The second-order valence-electron chi connectivity index (χ2n) is 8.58. The Kier molecular flexibility index (Phi) is 8.32. The highest BCUT2D eigenvalue weighted by molar-refractivity contribution is 9.10. The molecule has 1 aliphatic heterocycles. The highest BCUT2D eigenvalue weighted by atomic mass is 79.9. The van der Waals surface area contributed by atoms with E-state index in [-0.39, 0.29) is 11.3 Å². The van der Waals surface area contributed by atoms with Crippen LogP contribution in [0.25, 0.3) is 5.76 Å². The highest BCUT2D eigenvalue weighted by Gasteiger charge is 2.45. The van der Waals surface area contributed by atoms with E-state index < -0.39 is 17.7 Å². The first-order valence-corrected chi connectivity index (χ1v) is 11.8. The molecule has 2 aromatic carbocycles. The largest absolute Gasteiger partial charge is 0.507 e. The Morgan fingerprint density at radius 1 is 1.15 bits per heavy atom. The third kappa shape index (κ3) is 5.65. The SMILES string of the molecule is COCCCN1C(=O)C(=O)/C(=C(/O)c2ccc(OCC(C)C)c(C)c2)[C@H]1c1ccc(Br)cc1. The standard InChI is InChI=1S/C26H30BrNO5/c1-16(2)15-33-21-11-8-19(14-17(21)3)24(29)22-23(18-6-9-20(27)10-7-18)28(12-5-13-32-4)26(31)25(22)30/h6-11,14,16,23,29H,5,12-13,15H2,1-4H3/b24-22+/t23-/m1/s1. The Bertz CT molecular complexity index is 1050. The minimum Gasteiger partial charge on any atom is -0.507 e. The van der Waals surface area contributed by atoms with Crippen LogP contribution in [0.4, 0.5) is 0 Å². The summed E-state index contributed by atoms with van der Waals surface area (Å²) in [5, 5.41) is 11.2. The number of hydrogen-bond acceptors (Lipinski definition) is 5. The first kappa shape index (κ1) is 25.0. The molecule has 0 saturated carbocycles. The van der Waals surface area contributed by atoms with Gasteiger partial charge in [-0.2, -0.15) is 0 Å². The van der Waals surface area contributed by atoms with Crippen LogP contribution in [0.15, 0.2) is 52.5 Å². The maximum atomic E-state index is 13.1. The van der Waals surface area contributed by atoms with Crippen molar-refractivity contribution < 1.29 is 24.2 Å². The Balaban J connectivity index is 2.04. The molecule has 1 saturated heterocycles. The molecule has 3 rings (SSSR count). The lowest BCUT2D eigenvalue weighted by Crippen LogP contribution is -2.31. The molecule has 1 fully saturated rings. The van der Waals surface area contributed by atoms with Crippen molar-refractivity contribution in [1.82, 2.24) is 4.90 Å². The molecule has 1 aliphatic rings. The van der Waals surface area contributed by atoms with Gasteiger partial charge in [0.1, 0.15) is 11.5 Å². The average molecular weight is 516 g/mol. The topological polar surface area (TPSA) is 76.1 Å². The predicted molar refractivity (Wildman–Crippen MR) is 131 cm³/mol. The van der Waals surface area contributed by atoms with Crippen molar-refractivity contribution in [2.45, 2.75) is 33.2 Å². The summed E-state index contributed by atoms with van der Waals surface area (Å²) in [6.45, 7) is 7.43. The van der Waals surface area contributed by atoms with Crippen molar-refractivity contribution in [1.29, 1.82) is 0 Å². The molecule has 176 valence electrons. The number of likely N-dealkylation sites (tertiary alicyclic amines) is 1. The Morgan fingerprint density at radius 3 is 2.45 bits per heavy atom. The van der Waals surface area contributed by atoms with Gasteiger partial charge >= 0.3 is 0 Å². The zero-order valence-electron chi connectivity index (χ0n) is 19.4. The van der Waals surface area contributed by atoms with Crippen LogP contribution < -0.4 is 4.74 Å². The molecule has 6 nitrogen and oxygen atoms in total. The third-order valence-corrected chi connectivity index (χ3v) is 6.02. The monoisotopic (exact) mass is 515 g/mol. The smallest absolute Gasteiger partial charge is 0.295 e. The maximum Gasteiger partial charge on any atom is 0.295 e.